The van der Waals surface area contributed by atoms with Gasteiger partial charge in [0.25, 0.3) is 0 Å². The van der Waals surface area contributed by atoms with Crippen molar-refractivity contribution >= 4 is 11.9 Å². The molecule has 1 aliphatic rings. The molecule has 1 unspecified atom stereocenters. The van der Waals surface area contributed by atoms with Crippen molar-refractivity contribution in [3.05, 3.63) is 24.0 Å². The largest absolute Gasteiger partial charge is 0.497 e. The molecule has 0 bridgehead atoms. The highest BCUT2D eigenvalue weighted by molar-refractivity contribution is 5.90. The lowest BCUT2D eigenvalue weighted by Gasteiger charge is -2.09. The number of hydrogen-bond acceptors (Lipinski definition) is 4. The standard InChI is InChI=1S/C18H23FN4O2/c1-11(4-3-5-12-6-7-12)17(24)21-18-20-16(22-23-18)14-9-8-13(25-2)10-15(14)19/h8-12H,3-7H2,1-2H3,(H2,20,21,22,23,24). The maximum Gasteiger partial charge on any atom is 0.249 e. The van der Waals surface area contributed by atoms with Gasteiger partial charge in [0.1, 0.15) is 11.6 Å². The number of halogens is 1. The lowest BCUT2D eigenvalue weighted by atomic mass is 10.0. The monoisotopic (exact) mass is 346 g/mol. The Morgan fingerprint density at radius 3 is 2.96 bits per heavy atom. The van der Waals surface area contributed by atoms with E-state index in [1.54, 1.807) is 12.1 Å². The molecule has 1 amide bonds. The number of carbonyl (C=O) groups excluding carboxylic acids is 1. The van der Waals surface area contributed by atoms with E-state index in [-0.39, 0.29) is 29.2 Å². The zero-order valence-corrected chi connectivity index (χ0v) is 14.5. The Bertz CT molecular complexity index is 742. The van der Waals surface area contributed by atoms with Gasteiger partial charge < -0.3 is 4.74 Å². The third-order valence-corrected chi connectivity index (χ3v) is 4.55. The maximum absolute atomic E-state index is 14.1. The van der Waals surface area contributed by atoms with Gasteiger partial charge in [-0.05, 0) is 24.5 Å². The van der Waals surface area contributed by atoms with Crippen LogP contribution in [0, 0.1) is 17.7 Å². The molecule has 0 spiro atoms. The summed E-state index contributed by atoms with van der Waals surface area (Å²) in [6.07, 6.45) is 5.80. The zero-order valence-electron chi connectivity index (χ0n) is 14.5. The summed E-state index contributed by atoms with van der Waals surface area (Å²) in [6.45, 7) is 1.90. The predicted octanol–water partition coefficient (Wildman–Crippen LogP) is 3.77. The molecule has 0 saturated heterocycles. The second kappa shape index (κ2) is 7.63. The average Bonchev–Trinajstić information content (AvgIpc) is 3.31. The Kier molecular flexibility index (Phi) is 5.31. The van der Waals surface area contributed by atoms with Crippen molar-refractivity contribution in [1.82, 2.24) is 15.2 Å². The number of nitrogens with zero attached hydrogens (tertiary/aromatic N) is 2. The van der Waals surface area contributed by atoms with Crippen molar-refractivity contribution in [2.24, 2.45) is 11.8 Å². The highest BCUT2D eigenvalue weighted by Gasteiger charge is 2.22. The van der Waals surface area contributed by atoms with Gasteiger partial charge in [-0.1, -0.05) is 32.6 Å². The van der Waals surface area contributed by atoms with E-state index in [1.807, 2.05) is 6.92 Å². The van der Waals surface area contributed by atoms with E-state index < -0.39 is 5.82 Å². The second-order valence-electron chi connectivity index (χ2n) is 6.62. The van der Waals surface area contributed by atoms with Crippen LogP contribution < -0.4 is 10.1 Å². The smallest absolute Gasteiger partial charge is 0.249 e. The molecule has 1 saturated carbocycles. The molecule has 1 aliphatic carbocycles. The minimum Gasteiger partial charge on any atom is -0.497 e. The third kappa shape index (κ3) is 4.55. The van der Waals surface area contributed by atoms with Crippen LogP contribution in [0.15, 0.2) is 18.2 Å². The molecular weight excluding hydrogens is 323 g/mol. The highest BCUT2D eigenvalue weighted by atomic mass is 19.1. The first-order chi connectivity index (χ1) is 12.1. The molecule has 134 valence electrons. The predicted molar refractivity (Wildman–Crippen MR) is 92.7 cm³/mol. The molecule has 1 aromatic carbocycles. The van der Waals surface area contributed by atoms with Crippen LogP contribution in [-0.4, -0.2) is 28.2 Å². The number of carbonyl (C=O) groups is 1. The van der Waals surface area contributed by atoms with Gasteiger partial charge in [-0.25, -0.2) is 4.39 Å². The number of methoxy groups -OCH3 is 1. The molecule has 2 N–H and O–H groups in total. The molecule has 1 heterocycles. The van der Waals surface area contributed by atoms with Gasteiger partial charge >= 0.3 is 0 Å². The number of rotatable bonds is 8. The highest BCUT2D eigenvalue weighted by Crippen LogP contribution is 2.34. The first kappa shape index (κ1) is 17.4. The quantitative estimate of drug-likeness (QED) is 0.762. The number of aromatic nitrogens is 3. The number of anilines is 1. The number of H-pyrrole nitrogens is 1. The lowest BCUT2D eigenvalue weighted by Crippen LogP contribution is -2.21. The summed E-state index contributed by atoms with van der Waals surface area (Å²) in [7, 11) is 1.47. The van der Waals surface area contributed by atoms with Gasteiger partial charge in [-0.3, -0.25) is 15.2 Å². The molecule has 6 nitrogen and oxygen atoms in total. The Balaban J connectivity index is 1.58. The molecule has 2 aromatic rings. The van der Waals surface area contributed by atoms with E-state index in [0.29, 0.717) is 5.75 Å². The molecule has 1 fully saturated rings. The minimum atomic E-state index is -0.471. The van der Waals surface area contributed by atoms with Crippen LogP contribution in [0.25, 0.3) is 11.4 Å². The first-order valence-electron chi connectivity index (χ1n) is 8.64. The Morgan fingerprint density at radius 1 is 1.48 bits per heavy atom. The fraction of sp³-hybridized carbons (Fsp3) is 0.500. The van der Waals surface area contributed by atoms with Crippen LogP contribution in [0.3, 0.4) is 0 Å². The van der Waals surface area contributed by atoms with Crippen LogP contribution in [0.2, 0.25) is 0 Å². The number of ether oxygens (including phenoxy) is 1. The summed E-state index contributed by atoms with van der Waals surface area (Å²) in [6, 6.07) is 4.47. The summed E-state index contributed by atoms with van der Waals surface area (Å²) >= 11 is 0. The molecule has 25 heavy (non-hydrogen) atoms. The topological polar surface area (TPSA) is 79.9 Å². The molecule has 1 aromatic heterocycles. The van der Waals surface area contributed by atoms with Gasteiger partial charge in [-0.2, -0.15) is 4.98 Å². The normalized spacial score (nSPS) is 15.0. The van der Waals surface area contributed by atoms with Gasteiger partial charge in [-0.15, -0.1) is 5.10 Å². The van der Waals surface area contributed by atoms with Crippen molar-refractivity contribution in [2.45, 2.75) is 39.0 Å². The van der Waals surface area contributed by atoms with Gasteiger partial charge in [0.05, 0.1) is 12.7 Å². The summed E-state index contributed by atoms with van der Waals surface area (Å²) in [5.41, 5.74) is 0.270. The number of hydrogen-bond donors (Lipinski definition) is 2. The van der Waals surface area contributed by atoms with Crippen LogP contribution in [0.1, 0.15) is 39.0 Å². The second-order valence-corrected chi connectivity index (χ2v) is 6.62. The summed E-state index contributed by atoms with van der Waals surface area (Å²) in [5, 5.41) is 9.29. The molecule has 1 atom stereocenters. The lowest BCUT2D eigenvalue weighted by molar-refractivity contribution is -0.119. The van der Waals surface area contributed by atoms with Gasteiger partial charge in [0.15, 0.2) is 5.82 Å². The van der Waals surface area contributed by atoms with E-state index >= 15 is 0 Å². The molecule has 3 rings (SSSR count). The van der Waals surface area contributed by atoms with Crippen LogP contribution in [0.4, 0.5) is 10.3 Å². The van der Waals surface area contributed by atoms with E-state index in [9.17, 15) is 9.18 Å². The van der Waals surface area contributed by atoms with Crippen molar-refractivity contribution in [3.8, 4) is 17.1 Å². The zero-order chi connectivity index (χ0) is 17.8. The minimum absolute atomic E-state index is 0.0987. The SMILES string of the molecule is COc1ccc(-c2nc(NC(=O)C(C)CCCC3CC3)n[nH]2)c(F)c1. The Hall–Kier alpha value is -2.44. The van der Waals surface area contributed by atoms with Crippen LogP contribution in [-0.2, 0) is 4.79 Å². The van der Waals surface area contributed by atoms with Gasteiger partial charge in [0, 0.05) is 12.0 Å². The average molecular weight is 346 g/mol. The number of amides is 1. The fourth-order valence-corrected chi connectivity index (χ4v) is 2.74. The van der Waals surface area contributed by atoms with Crippen molar-refractivity contribution in [1.29, 1.82) is 0 Å². The van der Waals surface area contributed by atoms with Crippen molar-refractivity contribution in [2.75, 3.05) is 12.4 Å². The summed E-state index contributed by atoms with van der Waals surface area (Å²) in [4.78, 5) is 16.4. The van der Waals surface area contributed by atoms with E-state index in [2.05, 4.69) is 20.5 Å². The Morgan fingerprint density at radius 2 is 2.28 bits per heavy atom. The van der Waals surface area contributed by atoms with Crippen LogP contribution in [0.5, 0.6) is 5.75 Å². The van der Waals surface area contributed by atoms with Crippen molar-refractivity contribution in [3.63, 3.8) is 0 Å². The van der Waals surface area contributed by atoms with Crippen molar-refractivity contribution < 1.29 is 13.9 Å². The van der Waals surface area contributed by atoms with E-state index in [1.165, 1.54) is 32.4 Å². The number of aromatic amines is 1. The molecule has 0 aliphatic heterocycles. The molecule has 0 radical (unpaired) electrons. The maximum atomic E-state index is 14.1. The number of nitrogens with one attached hydrogen (secondary N) is 2. The number of benzene rings is 1. The molecular formula is C18H23FN4O2. The Labute approximate surface area is 146 Å². The summed E-state index contributed by atoms with van der Waals surface area (Å²) in [5.74, 6) is 1.04. The van der Waals surface area contributed by atoms with Crippen LogP contribution >= 0.6 is 0 Å². The first-order valence-corrected chi connectivity index (χ1v) is 8.64. The third-order valence-electron chi connectivity index (χ3n) is 4.55. The van der Waals surface area contributed by atoms with Gasteiger partial charge in [0.2, 0.25) is 11.9 Å². The van der Waals surface area contributed by atoms with E-state index in [4.69, 9.17) is 4.74 Å². The fourth-order valence-electron chi connectivity index (χ4n) is 2.74. The summed E-state index contributed by atoms with van der Waals surface area (Å²) < 4.78 is 19.1. The molecule has 7 heteroatoms. The van der Waals surface area contributed by atoms with E-state index in [0.717, 1.165) is 18.8 Å².